The summed E-state index contributed by atoms with van der Waals surface area (Å²) < 4.78 is 32.1. The summed E-state index contributed by atoms with van der Waals surface area (Å²) in [6, 6.07) is 2.91. The highest BCUT2D eigenvalue weighted by Crippen LogP contribution is 2.34. The number of halogens is 2. The Bertz CT molecular complexity index is 366. The molecule has 0 aliphatic carbocycles. The molecule has 3 N–H and O–H groups in total. The first-order chi connectivity index (χ1) is 8.52. The lowest BCUT2D eigenvalue weighted by atomic mass is 9.84. The maximum Gasteiger partial charge on any atom is 0.126 e. The average molecular weight is 258 g/mol. The van der Waals surface area contributed by atoms with Crippen molar-refractivity contribution < 1.29 is 13.5 Å². The number of ether oxygens (including phenoxy) is 1. The average Bonchev–Trinajstić information content (AvgIpc) is 2.35. The summed E-state index contributed by atoms with van der Waals surface area (Å²) >= 11 is 0. The number of nitrogens with one attached hydrogen (secondary N) is 1. The van der Waals surface area contributed by atoms with Gasteiger partial charge in [0.25, 0.3) is 0 Å². The fourth-order valence-electron chi connectivity index (χ4n) is 2.36. The van der Waals surface area contributed by atoms with Gasteiger partial charge in [0.2, 0.25) is 0 Å². The van der Waals surface area contributed by atoms with E-state index in [1.54, 1.807) is 7.11 Å². The molecule has 0 saturated carbocycles. The number of hydrazine groups is 1. The first-order valence-electron chi connectivity index (χ1n) is 6.00. The molecule has 18 heavy (non-hydrogen) atoms. The molecular weight excluding hydrogens is 238 g/mol. The minimum atomic E-state index is -0.623. The summed E-state index contributed by atoms with van der Waals surface area (Å²) in [6.45, 7) is 3.90. The van der Waals surface area contributed by atoms with E-state index in [-0.39, 0.29) is 0 Å². The van der Waals surface area contributed by atoms with Crippen LogP contribution in [0.2, 0.25) is 0 Å². The van der Waals surface area contributed by atoms with Crippen molar-refractivity contribution in [2.24, 2.45) is 5.84 Å². The van der Waals surface area contributed by atoms with E-state index in [9.17, 15) is 8.78 Å². The highest BCUT2D eigenvalue weighted by atomic mass is 19.1. The summed E-state index contributed by atoms with van der Waals surface area (Å²) in [5.41, 5.74) is 2.46. The highest BCUT2D eigenvalue weighted by molar-refractivity contribution is 5.24. The Kier molecular flexibility index (Phi) is 5.19. The van der Waals surface area contributed by atoms with Crippen LogP contribution in [0.4, 0.5) is 8.78 Å². The Hall–Kier alpha value is -1.04. The van der Waals surface area contributed by atoms with Gasteiger partial charge in [-0.1, -0.05) is 13.8 Å². The van der Waals surface area contributed by atoms with Crippen LogP contribution in [0.25, 0.3) is 0 Å². The van der Waals surface area contributed by atoms with Gasteiger partial charge in [0.1, 0.15) is 11.6 Å². The van der Waals surface area contributed by atoms with Crippen molar-refractivity contribution in [2.75, 3.05) is 7.11 Å². The molecule has 102 valence electrons. The van der Waals surface area contributed by atoms with E-state index < -0.39 is 23.3 Å². The van der Waals surface area contributed by atoms with Gasteiger partial charge in [-0.3, -0.25) is 11.3 Å². The molecule has 3 nitrogen and oxygen atoms in total. The van der Waals surface area contributed by atoms with Crippen molar-refractivity contribution in [3.05, 3.63) is 35.4 Å². The Balaban J connectivity index is 3.22. The molecule has 0 aliphatic rings. The fourth-order valence-corrected chi connectivity index (χ4v) is 2.36. The molecule has 1 rings (SSSR count). The number of rotatable bonds is 6. The molecule has 0 radical (unpaired) electrons. The number of nitrogens with two attached hydrogens (primary N) is 1. The smallest absolute Gasteiger partial charge is 0.126 e. The van der Waals surface area contributed by atoms with E-state index in [4.69, 9.17) is 10.6 Å². The molecule has 0 heterocycles. The van der Waals surface area contributed by atoms with Crippen LogP contribution < -0.4 is 11.3 Å². The summed E-state index contributed by atoms with van der Waals surface area (Å²) in [4.78, 5) is 0. The van der Waals surface area contributed by atoms with E-state index in [1.165, 1.54) is 12.1 Å². The molecule has 1 atom stereocenters. The van der Waals surface area contributed by atoms with Crippen LogP contribution >= 0.6 is 0 Å². The van der Waals surface area contributed by atoms with Crippen LogP contribution in [0.5, 0.6) is 0 Å². The molecule has 0 bridgehead atoms. The normalized spacial score (nSPS) is 13.7. The highest BCUT2D eigenvalue weighted by Gasteiger charge is 2.36. The van der Waals surface area contributed by atoms with E-state index in [0.29, 0.717) is 18.4 Å². The molecule has 0 saturated heterocycles. The minimum absolute atomic E-state index is 0.445. The lowest BCUT2D eigenvalue weighted by Crippen LogP contribution is -2.47. The number of benzene rings is 1. The van der Waals surface area contributed by atoms with E-state index in [0.717, 1.165) is 6.07 Å². The van der Waals surface area contributed by atoms with Crippen molar-refractivity contribution in [1.82, 2.24) is 5.43 Å². The molecule has 0 fully saturated rings. The Labute approximate surface area is 106 Å². The summed E-state index contributed by atoms with van der Waals surface area (Å²) in [7, 11) is 1.58. The third-order valence-electron chi connectivity index (χ3n) is 3.51. The molecule has 0 amide bonds. The Morgan fingerprint density at radius 3 is 2.06 bits per heavy atom. The van der Waals surface area contributed by atoms with Crippen molar-refractivity contribution >= 4 is 0 Å². The summed E-state index contributed by atoms with van der Waals surface area (Å²) in [5.74, 6) is 4.30. The number of methoxy groups -OCH3 is 1. The van der Waals surface area contributed by atoms with Gasteiger partial charge >= 0.3 is 0 Å². The van der Waals surface area contributed by atoms with Gasteiger partial charge in [-0.15, -0.1) is 0 Å². The standard InChI is InChI=1S/C13H20F2N2O/c1-4-13(5-2,18-3)12(17-16)9-6-10(14)8-11(15)7-9/h6-8,12,17H,4-5,16H2,1-3H3. The van der Waals surface area contributed by atoms with Gasteiger partial charge in [-0.25, -0.2) is 8.78 Å². The maximum atomic E-state index is 13.3. The van der Waals surface area contributed by atoms with Gasteiger partial charge in [0.15, 0.2) is 0 Å². The largest absolute Gasteiger partial charge is 0.376 e. The Morgan fingerprint density at radius 1 is 1.22 bits per heavy atom. The van der Waals surface area contributed by atoms with Crippen molar-refractivity contribution in [3.8, 4) is 0 Å². The van der Waals surface area contributed by atoms with Crippen LogP contribution in [0, 0.1) is 11.6 Å². The number of hydrogen-bond acceptors (Lipinski definition) is 3. The number of hydrogen-bond donors (Lipinski definition) is 2. The fraction of sp³-hybridized carbons (Fsp3) is 0.538. The van der Waals surface area contributed by atoms with Crippen LogP contribution in [-0.2, 0) is 4.74 Å². The zero-order chi connectivity index (χ0) is 13.8. The lowest BCUT2D eigenvalue weighted by Gasteiger charge is -2.38. The second kappa shape index (κ2) is 6.22. The molecule has 0 spiro atoms. The predicted octanol–water partition coefficient (Wildman–Crippen LogP) is 2.67. The van der Waals surface area contributed by atoms with Gasteiger partial charge < -0.3 is 4.74 Å². The molecule has 1 unspecified atom stereocenters. The second-order valence-corrected chi connectivity index (χ2v) is 4.28. The van der Waals surface area contributed by atoms with E-state index >= 15 is 0 Å². The van der Waals surface area contributed by atoms with Crippen molar-refractivity contribution in [2.45, 2.75) is 38.3 Å². The summed E-state index contributed by atoms with van der Waals surface area (Å²) in [6.07, 6.45) is 1.35. The van der Waals surface area contributed by atoms with Crippen molar-refractivity contribution in [1.29, 1.82) is 0 Å². The zero-order valence-corrected chi connectivity index (χ0v) is 11.0. The van der Waals surface area contributed by atoms with Gasteiger partial charge in [0, 0.05) is 13.2 Å². The molecule has 0 aromatic heterocycles. The first kappa shape index (κ1) is 15.0. The SMILES string of the molecule is CCC(CC)(OC)C(NN)c1cc(F)cc(F)c1. The lowest BCUT2D eigenvalue weighted by molar-refractivity contribution is -0.0487. The van der Waals surface area contributed by atoms with Crippen LogP contribution in [0.3, 0.4) is 0 Å². The Morgan fingerprint density at radius 2 is 1.72 bits per heavy atom. The van der Waals surface area contributed by atoms with Crippen LogP contribution in [0.1, 0.15) is 38.3 Å². The van der Waals surface area contributed by atoms with Crippen molar-refractivity contribution in [3.63, 3.8) is 0 Å². The van der Waals surface area contributed by atoms with Gasteiger partial charge in [0.05, 0.1) is 11.6 Å². The monoisotopic (exact) mass is 258 g/mol. The van der Waals surface area contributed by atoms with Gasteiger partial charge in [-0.05, 0) is 30.5 Å². The minimum Gasteiger partial charge on any atom is -0.376 e. The first-order valence-corrected chi connectivity index (χ1v) is 6.00. The topological polar surface area (TPSA) is 47.3 Å². The molecule has 5 heteroatoms. The third kappa shape index (κ3) is 2.85. The zero-order valence-electron chi connectivity index (χ0n) is 11.0. The van der Waals surface area contributed by atoms with Gasteiger partial charge in [-0.2, -0.15) is 0 Å². The quantitative estimate of drug-likeness (QED) is 0.609. The summed E-state index contributed by atoms with van der Waals surface area (Å²) in [5, 5.41) is 0. The molecular formula is C13H20F2N2O. The predicted molar refractivity (Wildman–Crippen MR) is 66.7 cm³/mol. The molecule has 1 aromatic carbocycles. The van der Waals surface area contributed by atoms with Crippen LogP contribution in [0.15, 0.2) is 18.2 Å². The van der Waals surface area contributed by atoms with E-state index in [2.05, 4.69) is 5.43 Å². The third-order valence-corrected chi connectivity index (χ3v) is 3.51. The molecule has 1 aromatic rings. The maximum absolute atomic E-state index is 13.3. The van der Waals surface area contributed by atoms with Crippen LogP contribution in [-0.4, -0.2) is 12.7 Å². The molecule has 0 aliphatic heterocycles. The van der Waals surface area contributed by atoms with E-state index in [1.807, 2.05) is 13.8 Å². The second-order valence-electron chi connectivity index (χ2n) is 4.28.